The fourth-order valence-electron chi connectivity index (χ4n) is 13.3. The summed E-state index contributed by atoms with van der Waals surface area (Å²) in [5.74, 6) is -1.70. The molecule has 5 aliphatic carbocycles. The third-order valence-electron chi connectivity index (χ3n) is 16.6. The number of anilines is 1. The van der Waals surface area contributed by atoms with Crippen molar-refractivity contribution in [2.45, 2.75) is 119 Å². The maximum Gasteiger partial charge on any atom is 0.354 e. The lowest BCUT2D eigenvalue weighted by atomic mass is 9.46. The SMILES string of the molecule is CC12CCC(O)C(C)(C(=O)O)C1CCC1=CC3N(S(=O)(=O)c4ccc5[nH]c6cc7c(cc6c5c4)C4(C)CCC(O)C5(OC5=O)C4CC7)c4ccccc4C3(C)C=C12. The number of allylic oxidation sites excluding steroid dienone is 2. The van der Waals surface area contributed by atoms with Gasteiger partial charge in [-0.15, -0.1) is 0 Å². The summed E-state index contributed by atoms with van der Waals surface area (Å²) in [6.45, 7) is 8.12. The van der Waals surface area contributed by atoms with Crippen LogP contribution in [0, 0.1) is 22.7 Å². The Balaban J connectivity index is 1.01. The summed E-state index contributed by atoms with van der Waals surface area (Å²) in [6.07, 6.45) is 7.55. The Kier molecular flexibility index (Phi) is 6.87. The van der Waals surface area contributed by atoms with Gasteiger partial charge in [-0.1, -0.05) is 44.2 Å². The second-order valence-corrected chi connectivity index (χ2v) is 20.9. The van der Waals surface area contributed by atoms with E-state index in [0.29, 0.717) is 37.8 Å². The second-order valence-electron chi connectivity index (χ2n) is 19.1. The number of aliphatic hydroxyl groups is 2. The Morgan fingerprint density at radius 1 is 0.842 bits per heavy atom. The van der Waals surface area contributed by atoms with Gasteiger partial charge >= 0.3 is 11.9 Å². The minimum Gasteiger partial charge on any atom is -0.481 e. The van der Waals surface area contributed by atoms with Crippen LogP contribution in [0.3, 0.4) is 0 Å². The first-order valence-corrected chi connectivity index (χ1v) is 21.9. The molecule has 3 saturated carbocycles. The predicted molar refractivity (Wildman–Crippen MR) is 214 cm³/mol. The molecule has 10 nitrogen and oxygen atoms in total. The highest BCUT2D eigenvalue weighted by Crippen LogP contribution is 2.65. The third-order valence-corrected chi connectivity index (χ3v) is 18.4. The molecule has 296 valence electrons. The first-order valence-electron chi connectivity index (χ1n) is 20.5. The average molecular weight is 789 g/mol. The summed E-state index contributed by atoms with van der Waals surface area (Å²) >= 11 is 0. The summed E-state index contributed by atoms with van der Waals surface area (Å²) in [4.78, 5) is 29.2. The first-order chi connectivity index (χ1) is 27.0. The topological polar surface area (TPSA) is 161 Å². The molecule has 1 aromatic heterocycles. The van der Waals surface area contributed by atoms with Gasteiger partial charge in [0, 0.05) is 38.6 Å². The lowest BCUT2D eigenvalue weighted by Gasteiger charge is -2.57. The number of carbonyl (C=O) groups excluding carboxylic acids is 1. The molecule has 0 bridgehead atoms. The van der Waals surface area contributed by atoms with Crippen molar-refractivity contribution in [1.29, 1.82) is 0 Å². The second kappa shape index (κ2) is 11.0. The minimum atomic E-state index is -4.13. The van der Waals surface area contributed by atoms with Crippen molar-refractivity contribution in [3.05, 3.63) is 94.6 Å². The number of aliphatic carboxylic acids is 1. The quantitative estimate of drug-likeness (QED) is 0.162. The van der Waals surface area contributed by atoms with E-state index in [-0.39, 0.29) is 28.1 Å². The Labute approximate surface area is 331 Å². The number of carboxylic acids is 1. The number of hydrogen-bond acceptors (Lipinski definition) is 7. The molecule has 1 saturated heterocycles. The minimum absolute atomic E-state index is 0.139. The van der Waals surface area contributed by atoms with E-state index in [0.717, 1.165) is 63.3 Å². The highest BCUT2D eigenvalue weighted by atomic mass is 32.2. The van der Waals surface area contributed by atoms with Crippen LogP contribution in [0.1, 0.15) is 89.3 Å². The number of sulfonamides is 1. The van der Waals surface area contributed by atoms with Gasteiger partial charge in [0.2, 0.25) is 5.60 Å². The molecular formula is C46H48N2O8S. The zero-order valence-electron chi connectivity index (χ0n) is 32.6. The number of aromatic amines is 1. The summed E-state index contributed by atoms with van der Waals surface area (Å²) < 4.78 is 37.7. The van der Waals surface area contributed by atoms with Crippen molar-refractivity contribution >= 4 is 49.5 Å². The predicted octanol–water partition coefficient (Wildman–Crippen LogP) is 6.96. The van der Waals surface area contributed by atoms with Crippen molar-refractivity contribution in [3.63, 3.8) is 0 Å². The standard InChI is InChI=1S/C46H48N2O8S/c1-42-18-16-39(50)46(41(53)56-46)36(42)14-10-24-19-33-28(22-30(24)42)27-21-26(11-12-32(27)47-33)57(54,55)48-34-8-6-5-7-29(34)44(3)23-31-25(20-37(44)48)9-13-35-43(31,2)17-15-38(49)45(35,4)40(51)52/h5-8,11-12,19-23,35-39,47,49-50H,9-10,13-18H2,1-4H3,(H,51,52). The Bertz CT molecular complexity index is 2700. The van der Waals surface area contributed by atoms with Gasteiger partial charge in [-0.2, -0.15) is 0 Å². The van der Waals surface area contributed by atoms with Crippen molar-refractivity contribution in [3.8, 4) is 0 Å². The summed E-state index contributed by atoms with van der Waals surface area (Å²) in [5.41, 5.74) is 3.76. The van der Waals surface area contributed by atoms with E-state index in [4.69, 9.17) is 4.74 Å². The molecule has 10 atom stereocenters. The molecule has 7 aliphatic rings. The van der Waals surface area contributed by atoms with Crippen LogP contribution in [0.25, 0.3) is 21.8 Å². The van der Waals surface area contributed by atoms with Gasteiger partial charge in [0.15, 0.2) is 0 Å². The van der Waals surface area contributed by atoms with Gasteiger partial charge in [-0.3, -0.25) is 9.10 Å². The number of nitrogens with one attached hydrogen (secondary N) is 1. The number of ether oxygens (including phenoxy) is 1. The molecule has 4 N–H and O–H groups in total. The smallest absolute Gasteiger partial charge is 0.354 e. The molecule has 3 aromatic carbocycles. The molecule has 3 heterocycles. The third kappa shape index (κ3) is 4.20. The van der Waals surface area contributed by atoms with Crippen molar-refractivity contribution in [2.24, 2.45) is 22.7 Å². The number of hydrogen-bond donors (Lipinski definition) is 4. The Morgan fingerprint density at radius 2 is 1.54 bits per heavy atom. The lowest BCUT2D eigenvalue weighted by molar-refractivity contribution is -0.174. The van der Waals surface area contributed by atoms with Crippen LogP contribution >= 0.6 is 0 Å². The highest BCUT2D eigenvalue weighted by molar-refractivity contribution is 7.93. The molecule has 1 spiro atoms. The van der Waals surface area contributed by atoms with E-state index in [9.17, 15) is 24.9 Å². The lowest BCUT2D eigenvalue weighted by Crippen LogP contribution is -2.58. The fourth-order valence-corrected chi connectivity index (χ4v) is 15.1. The number of carboxylic acid groups (broad SMARTS) is 1. The van der Waals surface area contributed by atoms with Crippen molar-refractivity contribution in [1.82, 2.24) is 4.98 Å². The van der Waals surface area contributed by atoms with Crippen LogP contribution in [-0.2, 0) is 41.6 Å². The van der Waals surface area contributed by atoms with Crippen LogP contribution in [-0.4, -0.2) is 64.5 Å². The molecule has 4 fully saturated rings. The monoisotopic (exact) mass is 788 g/mol. The number of aryl methyl sites for hydroxylation is 1. The van der Waals surface area contributed by atoms with E-state index < -0.39 is 56.1 Å². The number of aromatic nitrogens is 1. The number of fused-ring (bicyclic) bond motifs is 13. The first kappa shape index (κ1) is 35.7. The largest absolute Gasteiger partial charge is 0.481 e. The molecule has 10 unspecified atom stereocenters. The molecule has 4 aromatic rings. The molecular weight excluding hydrogens is 741 g/mol. The van der Waals surface area contributed by atoms with Gasteiger partial charge in [-0.25, -0.2) is 13.2 Å². The number of benzene rings is 3. The Morgan fingerprint density at radius 3 is 2.30 bits per heavy atom. The van der Waals surface area contributed by atoms with Gasteiger partial charge in [0.25, 0.3) is 10.0 Å². The number of aliphatic hydroxyl groups excluding tert-OH is 2. The van der Waals surface area contributed by atoms with E-state index >= 15 is 8.42 Å². The molecule has 2 aliphatic heterocycles. The maximum atomic E-state index is 15.3. The number of H-pyrrole nitrogens is 1. The van der Waals surface area contributed by atoms with E-state index in [1.807, 2.05) is 30.3 Å². The van der Waals surface area contributed by atoms with Gasteiger partial charge in [-0.05, 0) is 141 Å². The molecule has 11 heteroatoms. The number of nitrogens with zero attached hydrogens (tertiary/aromatic N) is 1. The van der Waals surface area contributed by atoms with Crippen LogP contribution < -0.4 is 4.31 Å². The molecule has 0 radical (unpaired) electrons. The van der Waals surface area contributed by atoms with E-state index in [1.54, 1.807) is 23.4 Å². The number of carbonyl (C=O) groups is 2. The summed E-state index contributed by atoms with van der Waals surface area (Å²) in [6, 6.07) is 16.9. The molecule has 11 rings (SSSR count). The highest BCUT2D eigenvalue weighted by Gasteiger charge is 2.74. The Hall–Kier alpha value is -4.45. The summed E-state index contributed by atoms with van der Waals surface area (Å²) in [7, 11) is -4.13. The zero-order chi connectivity index (χ0) is 39.8. The van der Waals surface area contributed by atoms with Crippen molar-refractivity contribution < 1.29 is 38.1 Å². The van der Waals surface area contributed by atoms with Crippen LogP contribution in [0.2, 0.25) is 0 Å². The van der Waals surface area contributed by atoms with Crippen LogP contribution in [0.5, 0.6) is 0 Å². The van der Waals surface area contributed by atoms with Gasteiger partial charge < -0.3 is 25.0 Å². The number of rotatable bonds is 3. The van der Waals surface area contributed by atoms with Gasteiger partial charge in [0.1, 0.15) is 6.10 Å². The summed E-state index contributed by atoms with van der Waals surface area (Å²) in [5, 5.41) is 34.1. The van der Waals surface area contributed by atoms with E-state index in [2.05, 4.69) is 50.0 Å². The van der Waals surface area contributed by atoms with Crippen molar-refractivity contribution in [2.75, 3.05) is 4.31 Å². The number of para-hydroxylation sites is 1. The molecule has 0 amide bonds. The average Bonchev–Trinajstić information content (AvgIpc) is 3.59. The van der Waals surface area contributed by atoms with Gasteiger partial charge in [0.05, 0.1) is 28.1 Å². The van der Waals surface area contributed by atoms with Crippen LogP contribution in [0.4, 0.5) is 5.69 Å². The maximum absolute atomic E-state index is 15.3. The molecule has 57 heavy (non-hydrogen) atoms. The zero-order valence-corrected chi connectivity index (χ0v) is 33.4. The van der Waals surface area contributed by atoms with Crippen LogP contribution in [0.15, 0.2) is 82.8 Å². The van der Waals surface area contributed by atoms with E-state index in [1.165, 1.54) is 5.56 Å². The fraction of sp³-hybridized carbons (Fsp3) is 0.478. The number of epoxide rings is 1. The normalized spacial score (nSPS) is 38.9.